The summed E-state index contributed by atoms with van der Waals surface area (Å²) in [7, 11) is 0. The zero-order valence-corrected chi connectivity index (χ0v) is 29.6. The number of aryl methyl sites for hydroxylation is 1. The molecular weight excluding hydrogens is 685 g/mol. The maximum absolute atomic E-state index is 12.8. The number of amides is 1. The molecule has 0 unspecified atom stereocenters. The molecule has 1 amide bonds. The van der Waals surface area contributed by atoms with Gasteiger partial charge in [0.25, 0.3) is 5.91 Å². The van der Waals surface area contributed by atoms with E-state index in [1.165, 1.54) is 0 Å². The Kier molecular flexibility index (Phi) is 11.6. The molecule has 0 aliphatic carbocycles. The SMILES string of the molecule is CCOC(=O)C1=C(C)NC(=S)N[C@H]1c1ccccc1OCC(=O)NN=Cc1cc(C)n(-c2ccc(OCc3ccc(Cl)cc3Cl)cc2)c1C. The third-order valence-corrected chi connectivity index (χ3v) is 8.53. The highest BCUT2D eigenvalue weighted by molar-refractivity contribution is 7.80. The number of aromatic nitrogens is 1. The smallest absolute Gasteiger partial charge is 0.338 e. The Labute approximate surface area is 300 Å². The Morgan fingerprint density at radius 2 is 1.78 bits per heavy atom. The standard InChI is InChI=1S/C36H35Cl2N5O5S/c1-5-46-35(45)33-22(3)40-36(49)41-34(33)29-8-6-7-9-31(29)48-20-32(44)42-39-18-25-16-21(2)43(23(25)4)27-12-14-28(15-13-27)47-19-24-10-11-26(37)17-30(24)38/h6-18,34H,5,19-20H2,1-4H3,(H,42,44)(H2,40,41,49)/t34-/m0/s1. The number of hydrazone groups is 1. The second-order valence-corrected chi connectivity index (χ2v) is 12.3. The number of ether oxygens (including phenoxy) is 3. The quantitative estimate of drug-likeness (QED) is 0.0630. The minimum absolute atomic E-state index is 0.223. The molecular formula is C36H35Cl2N5O5S. The minimum atomic E-state index is -0.627. The van der Waals surface area contributed by atoms with Gasteiger partial charge in [0, 0.05) is 49.5 Å². The summed E-state index contributed by atoms with van der Waals surface area (Å²) >= 11 is 17.6. The first-order valence-corrected chi connectivity index (χ1v) is 16.6. The highest BCUT2D eigenvalue weighted by Gasteiger charge is 2.32. The molecule has 0 saturated carbocycles. The Hall–Kier alpha value is -4.84. The number of carbonyl (C=O) groups excluding carboxylic acids is 2. The molecule has 3 N–H and O–H groups in total. The van der Waals surface area contributed by atoms with E-state index in [0.29, 0.717) is 50.1 Å². The molecule has 13 heteroatoms. The topological polar surface area (TPSA) is 115 Å². The third-order valence-electron chi connectivity index (χ3n) is 7.72. The van der Waals surface area contributed by atoms with Gasteiger partial charge in [0.2, 0.25) is 0 Å². The molecule has 1 aliphatic rings. The van der Waals surface area contributed by atoms with Crippen LogP contribution in [0.15, 0.2) is 89.2 Å². The van der Waals surface area contributed by atoms with Gasteiger partial charge in [-0.1, -0.05) is 47.5 Å². The van der Waals surface area contributed by atoms with Crippen molar-refractivity contribution in [2.24, 2.45) is 5.10 Å². The van der Waals surface area contributed by atoms with Gasteiger partial charge in [-0.3, -0.25) is 4.79 Å². The number of benzene rings is 3. The summed E-state index contributed by atoms with van der Waals surface area (Å²) < 4.78 is 19.2. The first-order valence-electron chi connectivity index (χ1n) is 15.4. The molecule has 49 heavy (non-hydrogen) atoms. The molecule has 0 saturated heterocycles. The van der Waals surface area contributed by atoms with Crippen LogP contribution in [0.25, 0.3) is 5.69 Å². The Morgan fingerprint density at radius 1 is 1.02 bits per heavy atom. The van der Waals surface area contributed by atoms with Crippen molar-refractivity contribution >= 4 is 58.6 Å². The number of hydrogen-bond donors (Lipinski definition) is 3. The van der Waals surface area contributed by atoms with Crippen LogP contribution in [-0.4, -0.2) is 41.0 Å². The van der Waals surface area contributed by atoms with Crippen LogP contribution in [0, 0.1) is 13.8 Å². The number of nitrogens with zero attached hydrogens (tertiary/aromatic N) is 2. The van der Waals surface area contributed by atoms with E-state index in [9.17, 15) is 9.59 Å². The Balaban J connectivity index is 1.20. The van der Waals surface area contributed by atoms with Crippen LogP contribution >= 0.6 is 35.4 Å². The lowest BCUT2D eigenvalue weighted by molar-refractivity contribution is -0.139. The first kappa shape index (κ1) is 35.5. The maximum atomic E-state index is 12.8. The largest absolute Gasteiger partial charge is 0.489 e. The number of halogens is 2. The first-order chi connectivity index (χ1) is 23.5. The predicted octanol–water partition coefficient (Wildman–Crippen LogP) is 6.86. The fourth-order valence-corrected chi connectivity index (χ4v) is 6.15. The fourth-order valence-electron chi connectivity index (χ4n) is 5.41. The Bertz CT molecular complexity index is 1940. The number of hydrogen-bond acceptors (Lipinski definition) is 7. The Morgan fingerprint density at radius 3 is 2.51 bits per heavy atom. The number of rotatable bonds is 12. The highest BCUT2D eigenvalue weighted by Crippen LogP contribution is 2.33. The number of thiocarbonyl (C=S) groups is 1. The number of allylic oxidation sites excluding steroid dienone is 1. The molecule has 1 atom stereocenters. The van der Waals surface area contributed by atoms with Gasteiger partial charge in [0.05, 0.1) is 24.4 Å². The summed E-state index contributed by atoms with van der Waals surface area (Å²) in [4.78, 5) is 25.5. The van der Waals surface area contributed by atoms with Gasteiger partial charge in [-0.05, 0) is 88.4 Å². The molecule has 0 radical (unpaired) electrons. The lowest BCUT2D eigenvalue weighted by Gasteiger charge is -2.30. The van der Waals surface area contributed by atoms with Gasteiger partial charge in [-0.25, -0.2) is 10.2 Å². The van der Waals surface area contributed by atoms with E-state index in [4.69, 9.17) is 49.6 Å². The van der Waals surface area contributed by atoms with E-state index in [2.05, 4.69) is 25.7 Å². The van der Waals surface area contributed by atoms with Crippen molar-refractivity contribution in [1.29, 1.82) is 0 Å². The molecule has 0 bridgehead atoms. The summed E-state index contributed by atoms with van der Waals surface area (Å²) in [6, 6.07) is 21.5. The maximum Gasteiger partial charge on any atom is 0.338 e. The van der Waals surface area contributed by atoms with Gasteiger partial charge in [-0.2, -0.15) is 5.10 Å². The molecule has 4 aromatic rings. The lowest BCUT2D eigenvalue weighted by Crippen LogP contribution is -2.45. The average Bonchev–Trinajstić information content (AvgIpc) is 3.35. The van der Waals surface area contributed by atoms with Crippen LogP contribution in [-0.2, 0) is 20.9 Å². The van der Waals surface area contributed by atoms with E-state index in [1.807, 2.05) is 56.3 Å². The van der Waals surface area contributed by atoms with Crippen molar-refractivity contribution < 1.29 is 23.8 Å². The molecule has 3 aromatic carbocycles. The number of esters is 1. The van der Waals surface area contributed by atoms with Crippen molar-refractivity contribution in [3.63, 3.8) is 0 Å². The molecule has 254 valence electrons. The highest BCUT2D eigenvalue weighted by atomic mass is 35.5. The second-order valence-electron chi connectivity index (χ2n) is 11.1. The average molecular weight is 721 g/mol. The molecule has 0 spiro atoms. The van der Waals surface area contributed by atoms with Crippen LogP contribution < -0.4 is 25.5 Å². The molecule has 1 aliphatic heterocycles. The summed E-state index contributed by atoms with van der Waals surface area (Å²) in [6.45, 7) is 7.70. The predicted molar refractivity (Wildman–Crippen MR) is 195 cm³/mol. The molecule has 0 fully saturated rings. The number of nitrogens with one attached hydrogen (secondary N) is 3. The van der Waals surface area contributed by atoms with Crippen molar-refractivity contribution in [1.82, 2.24) is 20.6 Å². The van der Waals surface area contributed by atoms with E-state index < -0.39 is 17.9 Å². The van der Waals surface area contributed by atoms with Crippen molar-refractivity contribution in [2.45, 2.75) is 40.3 Å². The van der Waals surface area contributed by atoms with E-state index in [-0.39, 0.29) is 13.2 Å². The van der Waals surface area contributed by atoms with Gasteiger partial charge in [0.15, 0.2) is 11.7 Å². The zero-order chi connectivity index (χ0) is 35.1. The van der Waals surface area contributed by atoms with E-state index >= 15 is 0 Å². The molecule has 2 heterocycles. The fraction of sp³-hybridized carbons (Fsp3) is 0.222. The van der Waals surface area contributed by atoms with Crippen molar-refractivity contribution in [3.8, 4) is 17.2 Å². The van der Waals surface area contributed by atoms with Crippen molar-refractivity contribution in [3.05, 3.63) is 122 Å². The van der Waals surface area contributed by atoms with Crippen LogP contribution in [0.5, 0.6) is 11.5 Å². The normalized spacial score (nSPS) is 14.3. The summed E-state index contributed by atoms with van der Waals surface area (Å²) in [6.07, 6.45) is 1.59. The van der Waals surface area contributed by atoms with Crippen LogP contribution in [0.4, 0.5) is 0 Å². The lowest BCUT2D eigenvalue weighted by atomic mass is 9.95. The zero-order valence-electron chi connectivity index (χ0n) is 27.3. The van der Waals surface area contributed by atoms with Crippen LogP contribution in [0.1, 0.15) is 48.0 Å². The summed E-state index contributed by atoms with van der Waals surface area (Å²) in [5, 5.41) is 11.7. The van der Waals surface area contributed by atoms with Crippen molar-refractivity contribution in [2.75, 3.05) is 13.2 Å². The molecule has 1 aromatic heterocycles. The molecule has 10 nitrogen and oxygen atoms in total. The summed E-state index contributed by atoms with van der Waals surface area (Å²) in [5.41, 5.74) is 8.67. The van der Waals surface area contributed by atoms with E-state index in [1.54, 1.807) is 50.4 Å². The van der Waals surface area contributed by atoms with Gasteiger partial charge < -0.3 is 29.4 Å². The van der Waals surface area contributed by atoms with Crippen LogP contribution in [0.2, 0.25) is 10.0 Å². The van der Waals surface area contributed by atoms with Gasteiger partial charge >= 0.3 is 5.97 Å². The third kappa shape index (κ3) is 8.61. The van der Waals surface area contributed by atoms with Gasteiger partial charge in [0.1, 0.15) is 18.1 Å². The monoisotopic (exact) mass is 719 g/mol. The molecule has 5 rings (SSSR count). The second kappa shape index (κ2) is 16.0. The van der Waals surface area contributed by atoms with Gasteiger partial charge in [-0.15, -0.1) is 0 Å². The minimum Gasteiger partial charge on any atom is -0.489 e. The number of para-hydroxylation sites is 1. The van der Waals surface area contributed by atoms with Crippen LogP contribution in [0.3, 0.4) is 0 Å². The van der Waals surface area contributed by atoms with E-state index in [0.717, 1.165) is 28.2 Å². The number of carbonyl (C=O) groups is 2. The summed E-state index contributed by atoms with van der Waals surface area (Å²) in [5.74, 6) is 0.178.